The average Bonchev–Trinajstić information content (AvgIpc) is 3.00. The molecular formula is C35H48N4O6S. The lowest BCUT2D eigenvalue weighted by atomic mass is 9.84. The first-order valence-corrected chi connectivity index (χ1v) is 17.0. The second-order valence-electron chi connectivity index (χ2n) is 12.7. The predicted molar refractivity (Wildman–Crippen MR) is 181 cm³/mol. The normalized spacial score (nSPS) is 13.4. The molecule has 46 heavy (non-hydrogen) atoms. The minimum atomic E-state index is -3.92. The van der Waals surface area contributed by atoms with Gasteiger partial charge in [-0.15, -0.1) is 0 Å². The summed E-state index contributed by atoms with van der Waals surface area (Å²) < 4.78 is 34.1. The van der Waals surface area contributed by atoms with Crippen LogP contribution in [0.15, 0.2) is 89.8 Å². The monoisotopic (exact) mass is 652 g/mol. The van der Waals surface area contributed by atoms with E-state index in [4.69, 9.17) is 10.5 Å². The number of aliphatic hydroxyl groups is 1. The molecule has 0 fully saturated rings. The van der Waals surface area contributed by atoms with Crippen LogP contribution in [-0.4, -0.2) is 67.2 Å². The number of benzene rings is 3. The van der Waals surface area contributed by atoms with E-state index in [-0.39, 0.29) is 30.5 Å². The van der Waals surface area contributed by atoms with Gasteiger partial charge in [0.2, 0.25) is 15.9 Å². The van der Waals surface area contributed by atoms with E-state index in [0.717, 1.165) is 11.1 Å². The smallest absolute Gasteiger partial charge is 0.408 e. The third kappa shape index (κ3) is 10.6. The van der Waals surface area contributed by atoms with E-state index >= 15 is 0 Å². The highest BCUT2D eigenvalue weighted by Crippen LogP contribution is 2.29. The number of rotatable bonds is 15. The minimum absolute atomic E-state index is 0.00454. The SMILES string of the molecule is CC(C)CN(C(CO)CCCNC(=O)C(NC(=O)OC(C)(C)C)C(c1ccccc1)c1ccccc1)S(=O)(=O)c1ccc(N)cc1. The molecule has 0 saturated carbocycles. The van der Waals surface area contributed by atoms with Crippen molar-refractivity contribution in [3.05, 3.63) is 96.1 Å². The summed E-state index contributed by atoms with van der Waals surface area (Å²) in [6.45, 7) is 9.09. The first-order valence-electron chi connectivity index (χ1n) is 15.6. The van der Waals surface area contributed by atoms with Crippen LogP contribution in [0, 0.1) is 5.92 Å². The molecule has 0 aliphatic carbocycles. The van der Waals surface area contributed by atoms with Crippen LogP contribution >= 0.6 is 0 Å². The zero-order chi connectivity index (χ0) is 33.9. The van der Waals surface area contributed by atoms with Crippen LogP contribution in [0.5, 0.6) is 0 Å². The number of hydrogen-bond donors (Lipinski definition) is 4. The lowest BCUT2D eigenvalue weighted by molar-refractivity contribution is -0.123. The standard InChI is InChI=1S/C35H48N4O6S/c1-25(2)23-39(46(43,44)30-20-18-28(36)19-21-30)29(24-40)17-12-22-37-33(41)32(38-34(42)45-35(3,4)5)31(26-13-8-6-9-14-26)27-15-10-7-11-16-27/h6-11,13-16,18-21,25,29,31-32,40H,12,17,22-24,36H2,1-5H3,(H,37,41)(H,38,42). The van der Waals surface area contributed by atoms with Gasteiger partial charge in [-0.3, -0.25) is 4.79 Å². The summed E-state index contributed by atoms with van der Waals surface area (Å²) in [6.07, 6.45) is -0.0477. The van der Waals surface area contributed by atoms with E-state index in [1.165, 1.54) is 28.6 Å². The van der Waals surface area contributed by atoms with Gasteiger partial charge in [0.1, 0.15) is 11.6 Å². The van der Waals surface area contributed by atoms with Gasteiger partial charge in [-0.1, -0.05) is 74.5 Å². The number of anilines is 1. The number of sulfonamides is 1. The quantitative estimate of drug-likeness (QED) is 0.135. The minimum Gasteiger partial charge on any atom is -0.444 e. The van der Waals surface area contributed by atoms with Crippen molar-refractivity contribution in [3.8, 4) is 0 Å². The van der Waals surface area contributed by atoms with Gasteiger partial charge >= 0.3 is 6.09 Å². The second kappa shape index (κ2) is 16.6. The predicted octanol–water partition coefficient (Wildman–Crippen LogP) is 4.90. The van der Waals surface area contributed by atoms with Gasteiger partial charge in [-0.25, -0.2) is 13.2 Å². The van der Waals surface area contributed by atoms with E-state index in [9.17, 15) is 23.1 Å². The van der Waals surface area contributed by atoms with Gasteiger partial charge in [0.05, 0.1) is 11.5 Å². The van der Waals surface area contributed by atoms with Crippen LogP contribution in [0.3, 0.4) is 0 Å². The molecule has 2 atom stereocenters. The van der Waals surface area contributed by atoms with Gasteiger partial charge in [0, 0.05) is 30.7 Å². The number of nitrogens with two attached hydrogens (primary N) is 1. The molecule has 0 aliphatic heterocycles. The van der Waals surface area contributed by atoms with E-state index in [2.05, 4.69) is 10.6 Å². The first-order chi connectivity index (χ1) is 21.7. The van der Waals surface area contributed by atoms with E-state index < -0.39 is 45.6 Å². The summed E-state index contributed by atoms with van der Waals surface area (Å²) in [6, 6.07) is 23.2. The fourth-order valence-corrected chi connectivity index (χ4v) is 7.01. The number of hydrogen-bond acceptors (Lipinski definition) is 7. The Labute approximate surface area is 273 Å². The number of nitrogens with one attached hydrogen (secondary N) is 2. The molecule has 3 aromatic carbocycles. The summed E-state index contributed by atoms with van der Waals surface area (Å²) in [7, 11) is -3.92. The highest BCUT2D eigenvalue weighted by atomic mass is 32.2. The van der Waals surface area contributed by atoms with Crippen LogP contribution < -0.4 is 16.4 Å². The molecule has 3 aromatic rings. The topological polar surface area (TPSA) is 151 Å². The molecule has 0 saturated heterocycles. The van der Waals surface area contributed by atoms with Gasteiger partial charge < -0.3 is 26.2 Å². The molecule has 0 aromatic heterocycles. The highest BCUT2D eigenvalue weighted by Gasteiger charge is 2.35. The summed E-state index contributed by atoms with van der Waals surface area (Å²) in [4.78, 5) is 26.9. The lowest BCUT2D eigenvalue weighted by Crippen LogP contribution is -2.51. The van der Waals surface area contributed by atoms with Gasteiger partial charge in [-0.05, 0) is 74.9 Å². The number of alkyl carbamates (subject to hydrolysis) is 1. The molecule has 0 aliphatic rings. The summed E-state index contributed by atoms with van der Waals surface area (Å²) >= 11 is 0. The molecule has 2 unspecified atom stereocenters. The number of nitrogens with zero attached hydrogens (tertiary/aromatic N) is 1. The third-order valence-electron chi connectivity index (χ3n) is 7.27. The maximum atomic E-state index is 13.9. The largest absolute Gasteiger partial charge is 0.444 e. The van der Waals surface area contributed by atoms with E-state index in [0.29, 0.717) is 18.5 Å². The molecule has 10 nitrogen and oxygen atoms in total. The Morgan fingerprint density at radius 2 is 1.46 bits per heavy atom. The van der Waals surface area contributed by atoms with Crippen molar-refractivity contribution in [2.24, 2.45) is 5.92 Å². The fourth-order valence-electron chi connectivity index (χ4n) is 5.20. The van der Waals surface area contributed by atoms with Crippen LogP contribution in [-0.2, 0) is 19.6 Å². The zero-order valence-electron chi connectivity index (χ0n) is 27.3. The molecule has 0 radical (unpaired) electrons. The van der Waals surface area contributed by atoms with E-state index in [1.54, 1.807) is 20.8 Å². The van der Waals surface area contributed by atoms with Crippen LogP contribution in [0.1, 0.15) is 64.5 Å². The molecule has 11 heteroatoms. The number of amides is 2. The Balaban J connectivity index is 1.81. The number of aliphatic hydroxyl groups excluding tert-OH is 1. The molecule has 3 rings (SSSR count). The summed E-state index contributed by atoms with van der Waals surface area (Å²) in [5.74, 6) is -0.936. The van der Waals surface area contributed by atoms with Crippen molar-refractivity contribution in [3.63, 3.8) is 0 Å². The Kier molecular flexibility index (Phi) is 13.2. The summed E-state index contributed by atoms with van der Waals surface area (Å²) in [5.41, 5.74) is 7.11. The average molecular weight is 653 g/mol. The number of nitrogen functional groups attached to an aromatic ring is 1. The molecule has 0 heterocycles. The fraction of sp³-hybridized carbons (Fsp3) is 0.429. The van der Waals surface area contributed by atoms with Crippen molar-refractivity contribution >= 4 is 27.7 Å². The molecule has 0 spiro atoms. The lowest BCUT2D eigenvalue weighted by Gasteiger charge is -2.31. The Bertz CT molecular complexity index is 1450. The van der Waals surface area contributed by atoms with Gasteiger partial charge in [0.25, 0.3) is 0 Å². The van der Waals surface area contributed by atoms with Crippen molar-refractivity contribution in [2.75, 3.05) is 25.4 Å². The molecular weight excluding hydrogens is 604 g/mol. The second-order valence-corrected chi connectivity index (χ2v) is 14.6. The van der Waals surface area contributed by atoms with Crippen LogP contribution in [0.25, 0.3) is 0 Å². The Morgan fingerprint density at radius 1 is 0.913 bits per heavy atom. The molecule has 5 N–H and O–H groups in total. The van der Waals surface area contributed by atoms with Crippen molar-refractivity contribution in [1.29, 1.82) is 0 Å². The molecule has 0 bridgehead atoms. The van der Waals surface area contributed by atoms with Crippen LogP contribution in [0.2, 0.25) is 0 Å². The van der Waals surface area contributed by atoms with Gasteiger partial charge in [0.15, 0.2) is 0 Å². The maximum absolute atomic E-state index is 13.9. The third-order valence-corrected chi connectivity index (χ3v) is 9.20. The van der Waals surface area contributed by atoms with Gasteiger partial charge in [-0.2, -0.15) is 4.31 Å². The van der Waals surface area contributed by atoms with Crippen molar-refractivity contribution in [1.82, 2.24) is 14.9 Å². The highest BCUT2D eigenvalue weighted by molar-refractivity contribution is 7.89. The number of carbonyl (C=O) groups excluding carboxylic acids is 2. The Morgan fingerprint density at radius 3 is 1.93 bits per heavy atom. The summed E-state index contributed by atoms with van der Waals surface area (Å²) in [5, 5.41) is 16.0. The Hall–Kier alpha value is -3.93. The first kappa shape index (κ1) is 36.5. The van der Waals surface area contributed by atoms with Crippen molar-refractivity contribution < 1.29 is 27.9 Å². The number of ether oxygens (including phenoxy) is 1. The maximum Gasteiger partial charge on any atom is 0.408 e. The molecule has 2 amide bonds. The van der Waals surface area contributed by atoms with Crippen molar-refractivity contribution in [2.45, 2.75) is 76.0 Å². The van der Waals surface area contributed by atoms with E-state index in [1.807, 2.05) is 74.5 Å². The number of carbonyl (C=O) groups is 2. The zero-order valence-corrected chi connectivity index (χ0v) is 28.2. The molecule has 250 valence electrons. The van der Waals surface area contributed by atoms with Crippen LogP contribution in [0.4, 0.5) is 10.5 Å².